The van der Waals surface area contributed by atoms with E-state index in [4.69, 9.17) is 37.9 Å². The molecule has 0 saturated carbocycles. The maximum absolute atomic E-state index is 6.25. The maximum Gasteiger partial charge on any atom is 0.231 e. The molecule has 6 aliphatic heterocycles. The molecule has 6 heterocycles. The topological polar surface area (TPSA) is 92.4 Å². The number of nitrogens with one attached hydrogen (secondary N) is 1. The summed E-state index contributed by atoms with van der Waals surface area (Å²) in [4.78, 5) is 4.60. The second-order valence-corrected chi connectivity index (χ2v) is 13.5. The summed E-state index contributed by atoms with van der Waals surface area (Å²) >= 11 is 0. The Balaban J connectivity index is 1.09. The number of hydrogen-bond acceptors (Lipinski definition) is 11. The molecule has 0 aliphatic carbocycles. The lowest BCUT2D eigenvalue weighted by Crippen LogP contribution is -2.46. The average Bonchev–Trinajstić information content (AvgIpc) is 3.98. The first kappa shape index (κ1) is 27.6. The smallest absolute Gasteiger partial charge is 0.231 e. The van der Waals surface area contributed by atoms with E-state index in [0.29, 0.717) is 0 Å². The second kappa shape index (κ2) is 9.73. The Labute approximate surface area is 291 Å². The zero-order valence-corrected chi connectivity index (χ0v) is 27.6. The summed E-state index contributed by atoms with van der Waals surface area (Å²) < 4.78 is 47.6. The van der Waals surface area contributed by atoms with Gasteiger partial charge in [-0.15, -0.1) is 0 Å². The van der Waals surface area contributed by atoms with Crippen LogP contribution in [0.4, 0.5) is 11.4 Å². The van der Waals surface area contributed by atoms with Crippen molar-refractivity contribution >= 4 is 32.9 Å². The van der Waals surface area contributed by atoms with Crippen molar-refractivity contribution in [2.75, 3.05) is 51.1 Å². The summed E-state index contributed by atoms with van der Waals surface area (Å²) in [5.41, 5.74) is 8.49. The molecule has 6 aromatic rings. The highest BCUT2D eigenvalue weighted by Gasteiger charge is 2.42. The van der Waals surface area contributed by atoms with Gasteiger partial charge in [0.2, 0.25) is 27.2 Å². The molecule has 0 bridgehead atoms. The van der Waals surface area contributed by atoms with E-state index < -0.39 is 0 Å². The van der Waals surface area contributed by atoms with Crippen LogP contribution in [0.3, 0.4) is 0 Å². The van der Waals surface area contributed by atoms with Crippen LogP contribution < -0.4 is 53.0 Å². The number of benzene rings is 6. The fourth-order valence-electron chi connectivity index (χ4n) is 8.78. The molecule has 0 fully saturated rings. The second-order valence-electron chi connectivity index (χ2n) is 13.5. The first-order valence-corrected chi connectivity index (χ1v) is 16.9. The molecule has 11 nitrogen and oxygen atoms in total. The Morgan fingerprint density at radius 1 is 0.451 bits per heavy atom. The van der Waals surface area contributed by atoms with Crippen LogP contribution in [0.2, 0.25) is 0 Å². The van der Waals surface area contributed by atoms with Crippen LogP contribution in [0.15, 0.2) is 72.8 Å². The van der Waals surface area contributed by atoms with Gasteiger partial charge < -0.3 is 47.7 Å². The maximum atomic E-state index is 6.25. The van der Waals surface area contributed by atoms with Crippen LogP contribution in [-0.4, -0.2) is 41.3 Å². The van der Waals surface area contributed by atoms with Crippen molar-refractivity contribution in [2.45, 2.75) is 12.3 Å². The Bertz CT molecular complexity index is 2380. The van der Waals surface area contributed by atoms with E-state index in [0.717, 1.165) is 112 Å². The molecule has 2 unspecified atom stereocenters. The first-order valence-electron chi connectivity index (χ1n) is 16.9. The highest BCUT2D eigenvalue weighted by molar-refractivity contribution is 6.07. The molecule has 0 spiro atoms. The molecule has 1 N–H and O–H groups in total. The van der Waals surface area contributed by atoms with E-state index >= 15 is 0 Å². The van der Waals surface area contributed by atoms with E-state index in [1.165, 1.54) is 0 Å². The van der Waals surface area contributed by atoms with Gasteiger partial charge in [-0.05, 0) is 70.4 Å². The summed E-state index contributed by atoms with van der Waals surface area (Å²) in [5.74, 6) is 5.92. The largest absolute Gasteiger partial charge is 0.454 e. The molecule has 6 aromatic carbocycles. The minimum Gasteiger partial charge on any atom is -0.454 e. The fourth-order valence-corrected chi connectivity index (χ4v) is 8.78. The predicted molar refractivity (Wildman–Crippen MR) is 189 cm³/mol. The SMILES string of the molecule is CN1c2c(ccc3cc4c(cc23)OCO4)-c2ccc3c(c2C1NC1c2c(ccc4c2OCO4)-c2ccc4cc5c(cc4c2N1C)OCO5)OCO3. The van der Waals surface area contributed by atoms with Gasteiger partial charge in [0, 0.05) is 47.1 Å². The molecule has 12 rings (SSSR count). The Hall–Kier alpha value is -6.20. The molecule has 0 radical (unpaired) electrons. The highest BCUT2D eigenvalue weighted by atomic mass is 16.7. The molecule has 11 heteroatoms. The van der Waals surface area contributed by atoms with Gasteiger partial charge >= 0.3 is 0 Å². The Kier molecular flexibility index (Phi) is 5.27. The van der Waals surface area contributed by atoms with Gasteiger partial charge in [-0.2, -0.15) is 0 Å². The summed E-state index contributed by atoms with van der Waals surface area (Å²) in [6.07, 6.45) is -0.729. The molecule has 0 aromatic heterocycles. The molecule has 2 atom stereocenters. The standard InChI is InChI=1S/C40H29N3O8/c1-42-35-23(5-3-19-11-29-31(13-25(19)35)48-15-46-29)21-7-9-27-37(50-17-44-27)33(21)39(42)41-40-34-22(8-10-28-38(34)51-18-45-28)24-6-4-20-12-30-32(49-16-47-30)14-26(20)36(24)43(40)2/h3-14,39-41H,15-18H2,1-2H3. The van der Waals surface area contributed by atoms with E-state index in [2.05, 4.69) is 89.9 Å². The van der Waals surface area contributed by atoms with Crippen molar-refractivity contribution in [3.05, 3.63) is 83.9 Å². The minimum absolute atomic E-state index is 0.163. The fraction of sp³-hybridized carbons (Fsp3) is 0.200. The Morgan fingerprint density at radius 2 is 0.843 bits per heavy atom. The number of hydrogen-bond donors (Lipinski definition) is 1. The molecular weight excluding hydrogens is 650 g/mol. The van der Waals surface area contributed by atoms with Crippen molar-refractivity contribution in [1.29, 1.82) is 0 Å². The Morgan fingerprint density at radius 3 is 1.31 bits per heavy atom. The number of fused-ring (bicyclic) bond motifs is 16. The van der Waals surface area contributed by atoms with E-state index in [1.54, 1.807) is 0 Å². The van der Waals surface area contributed by atoms with Crippen molar-refractivity contribution < 1.29 is 37.9 Å². The zero-order valence-electron chi connectivity index (χ0n) is 27.6. The third-order valence-electron chi connectivity index (χ3n) is 11.0. The predicted octanol–water partition coefficient (Wildman–Crippen LogP) is 7.43. The third kappa shape index (κ3) is 3.60. The van der Waals surface area contributed by atoms with Crippen LogP contribution in [0.5, 0.6) is 46.0 Å². The summed E-state index contributed by atoms with van der Waals surface area (Å²) in [6, 6.07) is 25.2. The van der Waals surface area contributed by atoms with Gasteiger partial charge in [0.15, 0.2) is 46.0 Å². The quantitative estimate of drug-likeness (QED) is 0.198. The van der Waals surface area contributed by atoms with Crippen molar-refractivity contribution in [3.8, 4) is 68.2 Å². The zero-order chi connectivity index (χ0) is 33.5. The molecule has 0 amide bonds. The van der Waals surface area contributed by atoms with Gasteiger partial charge in [-0.3, -0.25) is 5.32 Å². The van der Waals surface area contributed by atoms with Gasteiger partial charge in [0.1, 0.15) is 12.3 Å². The highest BCUT2D eigenvalue weighted by Crippen LogP contribution is 2.57. The van der Waals surface area contributed by atoms with Crippen LogP contribution in [0.1, 0.15) is 23.5 Å². The summed E-state index contributed by atoms with van der Waals surface area (Å²) in [7, 11) is 4.25. The van der Waals surface area contributed by atoms with Crippen LogP contribution in [-0.2, 0) is 0 Å². The number of ether oxygens (including phenoxy) is 8. The summed E-state index contributed by atoms with van der Waals surface area (Å²) in [5, 5.41) is 8.38. The normalized spacial score (nSPS) is 19.3. The van der Waals surface area contributed by atoms with Gasteiger partial charge in [0.25, 0.3) is 0 Å². The lowest BCUT2D eigenvalue weighted by Gasteiger charge is -2.45. The average molecular weight is 680 g/mol. The monoisotopic (exact) mass is 679 g/mol. The lowest BCUT2D eigenvalue weighted by atomic mass is 9.86. The van der Waals surface area contributed by atoms with E-state index in [9.17, 15) is 0 Å². The molecule has 51 heavy (non-hydrogen) atoms. The van der Waals surface area contributed by atoms with E-state index in [1.807, 2.05) is 12.1 Å². The van der Waals surface area contributed by atoms with Crippen LogP contribution in [0, 0.1) is 0 Å². The van der Waals surface area contributed by atoms with Gasteiger partial charge in [0.05, 0.1) is 11.4 Å². The minimum atomic E-state index is -0.365. The number of anilines is 2. The molecule has 252 valence electrons. The van der Waals surface area contributed by atoms with E-state index in [-0.39, 0.29) is 39.5 Å². The van der Waals surface area contributed by atoms with Crippen LogP contribution >= 0.6 is 0 Å². The van der Waals surface area contributed by atoms with Crippen LogP contribution in [0.25, 0.3) is 43.8 Å². The molecule has 0 saturated heterocycles. The lowest BCUT2D eigenvalue weighted by molar-refractivity contribution is 0.172. The molecule has 6 aliphatic rings. The van der Waals surface area contributed by atoms with Crippen molar-refractivity contribution in [1.82, 2.24) is 5.32 Å². The number of nitrogens with zero attached hydrogens (tertiary/aromatic N) is 2. The van der Waals surface area contributed by atoms with Crippen molar-refractivity contribution in [3.63, 3.8) is 0 Å². The molecular formula is C40H29N3O8. The third-order valence-corrected chi connectivity index (χ3v) is 11.0. The number of rotatable bonds is 2. The van der Waals surface area contributed by atoms with Crippen molar-refractivity contribution in [2.24, 2.45) is 0 Å². The first-order chi connectivity index (χ1) is 25.1. The summed E-state index contributed by atoms with van der Waals surface area (Å²) in [6.45, 7) is 0.747. The van der Waals surface area contributed by atoms with Gasteiger partial charge in [-0.25, -0.2) is 0 Å². The van der Waals surface area contributed by atoms with Gasteiger partial charge in [-0.1, -0.05) is 24.3 Å².